The number of halogens is 2. The number of carbonyl (C=O) groups is 8. The first kappa shape index (κ1) is 60.6. The summed E-state index contributed by atoms with van der Waals surface area (Å²) in [7, 11) is 1.78. The molecular weight excluding hydrogens is 1210 g/mol. The maximum Gasteiger partial charge on any atom is 0.322 e. The number of carbonyl (C=O) groups excluding carboxylic acids is 7. The second-order valence-electron chi connectivity index (χ2n) is 24.1. The van der Waals surface area contributed by atoms with Gasteiger partial charge in [-0.25, -0.2) is 9.37 Å². The molecule has 5 aromatic carbocycles. The predicted molar refractivity (Wildman–Crippen MR) is 337 cm³/mol. The van der Waals surface area contributed by atoms with E-state index in [0.717, 1.165) is 15.8 Å². The number of fused-ring (bicyclic) bond motifs is 4. The van der Waals surface area contributed by atoms with Gasteiger partial charge in [0.05, 0.1) is 56.2 Å². The van der Waals surface area contributed by atoms with Crippen LogP contribution in [0, 0.1) is 11.7 Å². The van der Waals surface area contributed by atoms with Gasteiger partial charge in [0.1, 0.15) is 35.7 Å². The van der Waals surface area contributed by atoms with E-state index in [0.29, 0.717) is 137 Å². The van der Waals surface area contributed by atoms with Gasteiger partial charge in [-0.1, -0.05) is 60.1 Å². The molecule has 4 saturated heterocycles. The molecular formula is C66H66ClFN12O10S. The molecule has 4 fully saturated rings. The Hall–Kier alpha value is -9.29. The highest BCUT2D eigenvalue weighted by Gasteiger charge is 2.52. The van der Waals surface area contributed by atoms with E-state index >= 15 is 9.18 Å². The lowest BCUT2D eigenvalue weighted by atomic mass is 9.85. The lowest BCUT2D eigenvalue weighted by Gasteiger charge is -2.44. The van der Waals surface area contributed by atoms with Gasteiger partial charge < -0.3 is 45.4 Å². The van der Waals surface area contributed by atoms with Crippen LogP contribution >= 0.6 is 22.9 Å². The fraction of sp³-hybridized carbons (Fsp3) is 0.379. The van der Waals surface area contributed by atoms with Crippen molar-refractivity contribution in [1.82, 2.24) is 54.8 Å². The number of ether oxygens (including phenoxy) is 1. The van der Waals surface area contributed by atoms with Crippen molar-refractivity contribution in [3.63, 3.8) is 0 Å². The van der Waals surface area contributed by atoms with Crippen LogP contribution in [0.1, 0.15) is 80.9 Å². The average Bonchev–Trinajstić information content (AvgIpc) is 1.73. The minimum absolute atomic E-state index is 0.00202. The number of anilines is 1. The van der Waals surface area contributed by atoms with Crippen LogP contribution in [0.2, 0.25) is 5.02 Å². The van der Waals surface area contributed by atoms with Gasteiger partial charge in [0.15, 0.2) is 5.60 Å². The second-order valence-corrected chi connectivity index (χ2v) is 25.5. The first-order valence-corrected chi connectivity index (χ1v) is 32.0. The zero-order chi connectivity index (χ0) is 63.2. The van der Waals surface area contributed by atoms with Crippen LogP contribution < -0.4 is 20.7 Å². The highest BCUT2D eigenvalue weighted by molar-refractivity contribution is 7.22. The molecule has 3 aromatic heterocycles. The summed E-state index contributed by atoms with van der Waals surface area (Å²) >= 11 is 8.04. The molecule has 470 valence electrons. The first-order valence-electron chi connectivity index (χ1n) is 30.8. The van der Waals surface area contributed by atoms with Crippen molar-refractivity contribution in [3.05, 3.63) is 125 Å². The Bertz CT molecular complexity index is 4240. The molecule has 0 unspecified atom stereocenters. The molecule has 0 saturated carbocycles. The zero-order valence-electron chi connectivity index (χ0n) is 49.9. The largest absolute Gasteiger partial charge is 0.480 e. The van der Waals surface area contributed by atoms with E-state index in [2.05, 4.69) is 21.0 Å². The number of benzene rings is 5. The fourth-order valence-electron chi connectivity index (χ4n) is 13.9. The number of amides is 7. The van der Waals surface area contributed by atoms with Gasteiger partial charge in [-0.15, -0.1) is 11.3 Å². The molecule has 13 rings (SSSR count). The Balaban J connectivity index is 0.692. The Kier molecular flexibility index (Phi) is 16.8. The molecule has 0 aliphatic carbocycles. The van der Waals surface area contributed by atoms with E-state index in [1.54, 1.807) is 56.9 Å². The summed E-state index contributed by atoms with van der Waals surface area (Å²) in [6, 6.07) is 28.0. The molecule has 0 bridgehead atoms. The number of aryl methyl sites for hydroxylation is 1. The van der Waals surface area contributed by atoms with E-state index in [1.165, 1.54) is 22.1 Å². The van der Waals surface area contributed by atoms with Gasteiger partial charge >= 0.3 is 5.97 Å². The maximum absolute atomic E-state index is 16.2. The van der Waals surface area contributed by atoms with Crippen molar-refractivity contribution in [2.24, 2.45) is 13.0 Å². The highest BCUT2D eigenvalue weighted by atomic mass is 35.5. The Labute approximate surface area is 530 Å². The van der Waals surface area contributed by atoms with Gasteiger partial charge in [0.2, 0.25) is 35.4 Å². The summed E-state index contributed by atoms with van der Waals surface area (Å²) < 4.78 is 27.3. The van der Waals surface area contributed by atoms with E-state index in [-0.39, 0.29) is 80.3 Å². The summed E-state index contributed by atoms with van der Waals surface area (Å²) in [5.41, 5.74) is 4.02. The van der Waals surface area contributed by atoms with Crippen molar-refractivity contribution in [1.29, 1.82) is 0 Å². The molecule has 25 heteroatoms. The molecule has 0 radical (unpaired) electrons. The van der Waals surface area contributed by atoms with E-state index in [1.807, 2.05) is 71.6 Å². The van der Waals surface area contributed by atoms with Crippen molar-refractivity contribution in [2.75, 3.05) is 64.2 Å². The number of aliphatic carboxylic acids is 1. The number of nitrogens with one attached hydrogen (secondary N) is 3. The molecule has 5 aliphatic rings. The topological polar surface area (TPSA) is 264 Å². The Morgan fingerprint density at radius 3 is 2.24 bits per heavy atom. The van der Waals surface area contributed by atoms with Crippen LogP contribution in [-0.4, -0.2) is 167 Å². The number of hydrogen-bond donors (Lipinski definition) is 4. The average molecular weight is 1270 g/mol. The van der Waals surface area contributed by atoms with Crippen molar-refractivity contribution in [3.8, 4) is 27.4 Å². The smallest absolute Gasteiger partial charge is 0.322 e. The maximum atomic E-state index is 16.2. The molecule has 5 aliphatic heterocycles. The molecule has 7 amide bonds. The lowest BCUT2D eigenvalue weighted by Crippen LogP contribution is -2.61. The zero-order valence-corrected chi connectivity index (χ0v) is 51.4. The summed E-state index contributed by atoms with van der Waals surface area (Å²) in [6.45, 7) is 0.743. The van der Waals surface area contributed by atoms with E-state index in [4.69, 9.17) is 31.5 Å². The molecule has 8 heterocycles. The molecule has 22 nitrogen and oxygen atoms in total. The van der Waals surface area contributed by atoms with Crippen LogP contribution in [0.5, 0.6) is 5.75 Å². The van der Waals surface area contributed by atoms with Crippen molar-refractivity contribution in [2.45, 2.75) is 87.8 Å². The summed E-state index contributed by atoms with van der Waals surface area (Å²) in [6.07, 6.45) is 4.74. The number of carboxylic acid groups (broad SMARTS) is 1. The van der Waals surface area contributed by atoms with Crippen LogP contribution in [0.4, 0.5) is 10.1 Å². The third kappa shape index (κ3) is 11.9. The second kappa shape index (κ2) is 25.2. The molecule has 8 aromatic rings. The summed E-state index contributed by atoms with van der Waals surface area (Å²) in [5.74, 6) is -4.73. The molecule has 91 heavy (non-hydrogen) atoms. The SMILES string of the molecule is Cn1ncc2cc(F)c(-c3cccc4c3c(C3CCN(C(=O)C5CCN(C(=O)[C@@H]6CCCN6C(=O)C6(Oc7ccccc7-c7nc8cccc(Cl)c8s7)CCN(C(=O)[C@H]7CC(=O)Nc8ccccc87)CC6)CC5)CC3)nn4CC(=O)NCC(=O)NCC(=O)O)cc21. The number of aromatic nitrogens is 5. The number of rotatable bonds is 15. The minimum atomic E-state index is -1.50. The normalized spacial score (nSPS) is 18.7. The minimum Gasteiger partial charge on any atom is -0.480 e. The van der Waals surface area contributed by atoms with Gasteiger partial charge in [-0.3, -0.25) is 47.7 Å². The number of piperidine rings is 3. The number of hydrogen-bond acceptors (Lipinski definition) is 13. The Morgan fingerprint density at radius 2 is 1.46 bits per heavy atom. The van der Waals surface area contributed by atoms with Crippen LogP contribution in [0.25, 0.3) is 53.7 Å². The predicted octanol–water partition coefficient (Wildman–Crippen LogP) is 7.48. The fourth-order valence-corrected chi connectivity index (χ4v) is 15.2. The number of likely N-dealkylation sites (tertiary alicyclic amines) is 4. The number of para-hydroxylation sites is 2. The van der Waals surface area contributed by atoms with Crippen molar-refractivity contribution >= 4 is 108 Å². The Morgan fingerprint density at radius 1 is 0.758 bits per heavy atom. The third-order valence-corrected chi connectivity index (χ3v) is 20.2. The monoisotopic (exact) mass is 1270 g/mol. The number of thiazole rings is 1. The van der Waals surface area contributed by atoms with Crippen molar-refractivity contribution < 1.29 is 52.6 Å². The van der Waals surface area contributed by atoms with Gasteiger partial charge in [0, 0.05) is 106 Å². The van der Waals surface area contributed by atoms with Crippen LogP contribution in [0.3, 0.4) is 0 Å². The summed E-state index contributed by atoms with van der Waals surface area (Å²) in [4.78, 5) is 121. The van der Waals surface area contributed by atoms with Gasteiger partial charge in [0.25, 0.3) is 5.91 Å². The summed E-state index contributed by atoms with van der Waals surface area (Å²) in [5, 5.41) is 28.4. The molecule has 2 atom stereocenters. The first-order chi connectivity index (χ1) is 44.0. The number of carboxylic acids is 1. The van der Waals surface area contributed by atoms with Crippen LogP contribution in [0.15, 0.2) is 103 Å². The van der Waals surface area contributed by atoms with E-state index < -0.39 is 54.3 Å². The lowest BCUT2D eigenvalue weighted by molar-refractivity contribution is -0.160. The van der Waals surface area contributed by atoms with Gasteiger partial charge in [-0.05, 0) is 98.2 Å². The highest BCUT2D eigenvalue weighted by Crippen LogP contribution is 2.44. The molecule has 4 N–H and O–H groups in total. The van der Waals surface area contributed by atoms with Gasteiger partial charge in [-0.2, -0.15) is 10.2 Å². The third-order valence-electron chi connectivity index (χ3n) is 18.6. The van der Waals surface area contributed by atoms with Crippen LogP contribution in [-0.2, 0) is 51.9 Å². The van der Waals surface area contributed by atoms with E-state index in [9.17, 15) is 33.6 Å². The molecule has 0 spiro atoms. The quantitative estimate of drug-likeness (QED) is 0.0777. The standard InChI is InChI=1S/C66H66ClFN12O10S/c1-75-52-32-44(47(68)31-40(52)34-71-75)42-11-6-15-50-58(42)59(74-80(50)37-56(83)69-35-55(82)70-36-57(84)85)38-18-25-76(26-19-38)62(86)39-20-27-77(28-21-39)64(88)51-16-8-24-79(51)65(89)66(90-53-17-5-3-10-43(53)61-73-49-14-7-12-46(67)60(49)91-61)22-29-78(30-23-66)63(87)45-33-54(81)72-48-13-4-2-9-41(45)48/h2-7,9-15,17,31-32,34,38-39,45,51H,8,16,18-30,33,35-37H2,1H3,(H,69,83)(H,70,82)(H,72,81)(H,84,85)/t45-,51-/m0/s1. The number of nitrogens with zero attached hydrogens (tertiary/aromatic N) is 9.